The van der Waals surface area contributed by atoms with Gasteiger partial charge in [-0.15, -0.1) is 0 Å². The second-order valence-electron chi connectivity index (χ2n) is 8.50. The van der Waals surface area contributed by atoms with Gasteiger partial charge in [0.1, 0.15) is 12.4 Å². The molecule has 0 aliphatic carbocycles. The molecule has 2 bridgehead atoms. The summed E-state index contributed by atoms with van der Waals surface area (Å²) in [6, 6.07) is 12.0. The first-order valence-corrected chi connectivity index (χ1v) is 11.4. The van der Waals surface area contributed by atoms with E-state index in [1.807, 2.05) is 17.0 Å². The molecule has 8 heteroatoms. The number of nitrogens with one attached hydrogen (secondary N) is 1. The third-order valence-electron chi connectivity index (χ3n) is 6.10. The van der Waals surface area contributed by atoms with Gasteiger partial charge in [-0.25, -0.2) is 4.39 Å². The topological polar surface area (TPSA) is 61.9 Å². The Morgan fingerprint density at radius 1 is 1.15 bits per heavy atom. The number of rotatable bonds is 7. The van der Waals surface area contributed by atoms with Crippen LogP contribution in [-0.4, -0.2) is 60.5 Å². The predicted molar refractivity (Wildman–Crippen MR) is 126 cm³/mol. The zero-order chi connectivity index (χ0) is 23.4. The summed E-state index contributed by atoms with van der Waals surface area (Å²) < 4.78 is 18.0. The Balaban J connectivity index is 1.41. The average molecular weight is 472 g/mol. The number of ether oxygens (including phenoxy) is 1. The Morgan fingerprint density at radius 3 is 2.52 bits per heavy atom. The molecule has 2 aromatic carbocycles. The van der Waals surface area contributed by atoms with Gasteiger partial charge in [0.05, 0.1) is 0 Å². The molecule has 1 N–H and O–H groups in total. The fourth-order valence-corrected chi connectivity index (χ4v) is 4.85. The lowest BCUT2D eigenvalue weighted by Gasteiger charge is -2.40. The molecule has 174 valence electrons. The summed E-state index contributed by atoms with van der Waals surface area (Å²) in [6.07, 6.45) is 5.23. The number of anilines is 1. The Labute approximate surface area is 198 Å². The zero-order valence-corrected chi connectivity index (χ0v) is 19.2. The van der Waals surface area contributed by atoms with Gasteiger partial charge in [-0.2, -0.15) is 0 Å². The Bertz CT molecular complexity index is 1030. The highest BCUT2D eigenvalue weighted by molar-refractivity contribution is 6.31. The van der Waals surface area contributed by atoms with Crippen LogP contribution in [0.25, 0.3) is 6.08 Å². The summed E-state index contributed by atoms with van der Waals surface area (Å²) in [7, 11) is 1.45. The second kappa shape index (κ2) is 10.5. The van der Waals surface area contributed by atoms with Gasteiger partial charge in [-0.3, -0.25) is 14.5 Å². The highest BCUT2D eigenvalue weighted by Crippen LogP contribution is 2.31. The molecule has 2 atom stereocenters. The van der Waals surface area contributed by atoms with Gasteiger partial charge in [-0.1, -0.05) is 29.8 Å². The minimum atomic E-state index is -0.295. The molecule has 2 heterocycles. The van der Waals surface area contributed by atoms with Gasteiger partial charge in [0.15, 0.2) is 0 Å². The molecule has 2 saturated heterocycles. The summed E-state index contributed by atoms with van der Waals surface area (Å²) in [6.45, 7) is 2.28. The van der Waals surface area contributed by atoms with Gasteiger partial charge in [0, 0.05) is 55.6 Å². The van der Waals surface area contributed by atoms with Crippen LogP contribution in [0.3, 0.4) is 0 Å². The normalized spacial score (nSPS) is 20.4. The smallest absolute Gasteiger partial charge is 0.250 e. The minimum Gasteiger partial charge on any atom is -0.375 e. The zero-order valence-electron chi connectivity index (χ0n) is 18.5. The van der Waals surface area contributed by atoms with E-state index in [0.717, 1.165) is 38.0 Å². The number of piperazine rings is 1. The Morgan fingerprint density at radius 2 is 1.85 bits per heavy atom. The molecule has 0 spiro atoms. The number of carbonyl (C=O) groups excluding carboxylic acids is 2. The maximum atomic E-state index is 13.2. The van der Waals surface area contributed by atoms with Crippen molar-refractivity contribution in [3.63, 3.8) is 0 Å². The van der Waals surface area contributed by atoms with Crippen LogP contribution in [0.4, 0.5) is 10.1 Å². The average Bonchev–Trinajstić information content (AvgIpc) is 3.05. The van der Waals surface area contributed by atoms with Crippen LogP contribution in [0.1, 0.15) is 24.0 Å². The largest absolute Gasteiger partial charge is 0.375 e. The number of likely N-dealkylation sites (tertiary alicyclic amines) is 1. The Hall–Kier alpha value is -2.74. The van der Waals surface area contributed by atoms with Crippen molar-refractivity contribution in [2.75, 3.05) is 32.1 Å². The van der Waals surface area contributed by atoms with Crippen molar-refractivity contribution < 1.29 is 18.7 Å². The van der Waals surface area contributed by atoms with Crippen molar-refractivity contribution >= 4 is 35.2 Å². The first-order chi connectivity index (χ1) is 15.9. The highest BCUT2D eigenvalue weighted by Gasteiger charge is 2.41. The van der Waals surface area contributed by atoms with E-state index in [0.29, 0.717) is 16.3 Å². The quantitative estimate of drug-likeness (QED) is 0.621. The molecule has 4 rings (SSSR count). The number of amides is 2. The summed E-state index contributed by atoms with van der Waals surface area (Å²) in [4.78, 5) is 29.3. The second-order valence-corrected chi connectivity index (χ2v) is 8.93. The van der Waals surface area contributed by atoms with Crippen LogP contribution in [0, 0.1) is 5.82 Å². The van der Waals surface area contributed by atoms with Gasteiger partial charge in [0.2, 0.25) is 11.8 Å². The van der Waals surface area contributed by atoms with Crippen LogP contribution in [0.5, 0.6) is 0 Å². The van der Waals surface area contributed by atoms with E-state index in [1.165, 1.54) is 19.2 Å². The number of halogens is 2. The Kier molecular flexibility index (Phi) is 7.42. The van der Waals surface area contributed by atoms with E-state index >= 15 is 0 Å². The summed E-state index contributed by atoms with van der Waals surface area (Å²) in [5, 5.41) is 3.25. The fraction of sp³-hybridized carbons (Fsp3) is 0.360. The third kappa shape index (κ3) is 5.79. The lowest BCUT2D eigenvalue weighted by atomic mass is 10.1. The SMILES string of the molecule is COCC(=O)Nc1cc(Cl)ccc1/C=C/C(=O)N1C2CCC1CN(Cc1ccc(F)cc1)C2. The van der Waals surface area contributed by atoms with E-state index in [-0.39, 0.29) is 36.3 Å². The van der Waals surface area contributed by atoms with Crippen LogP contribution in [0.2, 0.25) is 5.02 Å². The molecule has 0 radical (unpaired) electrons. The standard InChI is InChI=1S/C25H27ClFN3O3/c1-33-16-24(31)28-23-12-19(26)6-4-18(23)5-11-25(32)30-21-9-10-22(30)15-29(14-21)13-17-2-7-20(27)8-3-17/h2-8,11-12,21-22H,9-10,13-16H2,1H3,(H,28,31)/b11-5+. The first-order valence-electron chi connectivity index (χ1n) is 11.0. The molecule has 2 aromatic rings. The molecule has 33 heavy (non-hydrogen) atoms. The van der Waals surface area contributed by atoms with Crippen molar-refractivity contribution in [2.24, 2.45) is 0 Å². The van der Waals surface area contributed by atoms with Crippen molar-refractivity contribution in [2.45, 2.75) is 31.5 Å². The number of nitrogens with zero attached hydrogens (tertiary/aromatic N) is 2. The van der Waals surface area contributed by atoms with Crippen LogP contribution < -0.4 is 5.32 Å². The summed E-state index contributed by atoms with van der Waals surface area (Å²) in [5.41, 5.74) is 2.29. The molecule has 0 aromatic heterocycles. The van der Waals surface area contributed by atoms with E-state index in [1.54, 1.807) is 30.4 Å². The third-order valence-corrected chi connectivity index (χ3v) is 6.34. The van der Waals surface area contributed by atoms with Gasteiger partial charge < -0.3 is 15.0 Å². The van der Waals surface area contributed by atoms with E-state index in [9.17, 15) is 14.0 Å². The molecule has 2 aliphatic heterocycles. The highest BCUT2D eigenvalue weighted by atomic mass is 35.5. The molecule has 2 fully saturated rings. The number of hydrogen-bond acceptors (Lipinski definition) is 4. The first kappa shape index (κ1) is 23.4. The number of methoxy groups -OCH3 is 1. The molecule has 2 unspecified atom stereocenters. The van der Waals surface area contributed by atoms with Crippen molar-refractivity contribution in [3.8, 4) is 0 Å². The van der Waals surface area contributed by atoms with E-state index in [2.05, 4.69) is 10.2 Å². The molecule has 2 aliphatic rings. The maximum absolute atomic E-state index is 13.2. The van der Waals surface area contributed by atoms with Gasteiger partial charge in [-0.05, 0) is 54.3 Å². The number of fused-ring (bicyclic) bond motifs is 2. The van der Waals surface area contributed by atoms with E-state index < -0.39 is 0 Å². The molecule has 2 amide bonds. The van der Waals surface area contributed by atoms with E-state index in [4.69, 9.17) is 16.3 Å². The van der Waals surface area contributed by atoms with Crippen molar-refractivity contribution in [1.29, 1.82) is 0 Å². The predicted octanol–water partition coefficient (Wildman–Crippen LogP) is 3.95. The van der Waals surface area contributed by atoms with Crippen molar-refractivity contribution in [3.05, 3.63) is 70.5 Å². The van der Waals surface area contributed by atoms with Crippen molar-refractivity contribution in [1.82, 2.24) is 9.80 Å². The molecular weight excluding hydrogens is 445 g/mol. The lowest BCUT2D eigenvalue weighted by Crippen LogP contribution is -2.55. The molecule has 0 saturated carbocycles. The van der Waals surface area contributed by atoms with Gasteiger partial charge in [0.25, 0.3) is 0 Å². The summed E-state index contributed by atoms with van der Waals surface area (Å²) >= 11 is 6.08. The van der Waals surface area contributed by atoms with Crippen LogP contribution >= 0.6 is 11.6 Å². The monoisotopic (exact) mass is 471 g/mol. The fourth-order valence-electron chi connectivity index (χ4n) is 4.67. The minimum absolute atomic E-state index is 0.0342. The number of benzene rings is 2. The lowest BCUT2D eigenvalue weighted by molar-refractivity contribution is -0.131. The molecule has 6 nitrogen and oxygen atoms in total. The summed E-state index contributed by atoms with van der Waals surface area (Å²) in [5.74, 6) is -0.563. The van der Waals surface area contributed by atoms with Crippen LogP contribution in [0.15, 0.2) is 48.5 Å². The van der Waals surface area contributed by atoms with Gasteiger partial charge >= 0.3 is 0 Å². The maximum Gasteiger partial charge on any atom is 0.250 e. The number of carbonyl (C=O) groups is 2. The molecular formula is C25H27ClFN3O3. The van der Waals surface area contributed by atoms with Crippen LogP contribution in [-0.2, 0) is 20.9 Å². The number of hydrogen-bond donors (Lipinski definition) is 1.